The fourth-order valence-corrected chi connectivity index (χ4v) is 4.09. The topological polar surface area (TPSA) is 59.1 Å². The molecule has 0 radical (unpaired) electrons. The highest BCUT2D eigenvalue weighted by atomic mass is 19.4. The molecular weight excluding hydrogens is 429 g/mol. The second-order valence-corrected chi connectivity index (χ2v) is 8.12. The van der Waals surface area contributed by atoms with Crippen molar-refractivity contribution in [1.29, 1.82) is 0 Å². The lowest BCUT2D eigenvalue weighted by atomic mass is 9.84. The summed E-state index contributed by atoms with van der Waals surface area (Å²) in [6.45, 7) is 2.44. The van der Waals surface area contributed by atoms with Gasteiger partial charge in [-0.2, -0.15) is 18.2 Å². The average Bonchev–Trinajstić information content (AvgIpc) is 2.81. The van der Waals surface area contributed by atoms with Gasteiger partial charge in [-0.3, -0.25) is 0 Å². The molecular formula is C25H27F3N4O. The maximum atomic E-state index is 13.6. The number of hydrogen-bond donors (Lipinski definition) is 2. The Bertz CT molecular complexity index is 1050. The minimum atomic E-state index is -4.58. The van der Waals surface area contributed by atoms with Crippen LogP contribution in [0.2, 0.25) is 0 Å². The summed E-state index contributed by atoms with van der Waals surface area (Å²) in [7, 11) is 0. The van der Waals surface area contributed by atoms with Crippen molar-refractivity contribution in [2.24, 2.45) is 0 Å². The predicted octanol–water partition coefficient (Wildman–Crippen LogP) is 7.43. The van der Waals surface area contributed by atoms with E-state index in [0.29, 0.717) is 29.6 Å². The highest BCUT2D eigenvalue weighted by molar-refractivity contribution is 5.63. The maximum absolute atomic E-state index is 13.6. The predicted molar refractivity (Wildman–Crippen MR) is 123 cm³/mol. The zero-order chi connectivity index (χ0) is 23.3. The van der Waals surface area contributed by atoms with Gasteiger partial charge in [0, 0.05) is 17.6 Å². The zero-order valence-electron chi connectivity index (χ0n) is 18.5. The summed E-state index contributed by atoms with van der Waals surface area (Å²) in [6, 6.07) is 14.6. The monoisotopic (exact) mass is 456 g/mol. The normalized spacial score (nSPS) is 14.7. The SMILES string of the molecule is CCOc1ccc(Nc2ncc(C(F)(F)F)c(Nc3ccc(C4CCCCC4)cc3)n2)cc1. The molecule has 1 aromatic heterocycles. The first-order chi connectivity index (χ1) is 15.9. The molecule has 0 aliphatic heterocycles. The van der Waals surface area contributed by atoms with Gasteiger partial charge < -0.3 is 15.4 Å². The van der Waals surface area contributed by atoms with Gasteiger partial charge in [0.15, 0.2) is 0 Å². The average molecular weight is 457 g/mol. The lowest BCUT2D eigenvalue weighted by Gasteiger charge is -2.22. The van der Waals surface area contributed by atoms with E-state index in [-0.39, 0.29) is 11.8 Å². The molecule has 8 heteroatoms. The Morgan fingerprint density at radius 3 is 2.18 bits per heavy atom. The largest absolute Gasteiger partial charge is 0.494 e. The number of ether oxygens (including phenoxy) is 1. The van der Waals surface area contributed by atoms with Crippen LogP contribution in [-0.2, 0) is 6.18 Å². The number of rotatable bonds is 7. The van der Waals surface area contributed by atoms with Crippen LogP contribution in [0.4, 0.5) is 36.3 Å². The van der Waals surface area contributed by atoms with Crippen molar-refractivity contribution in [3.63, 3.8) is 0 Å². The third-order valence-corrected chi connectivity index (χ3v) is 5.77. The summed E-state index contributed by atoms with van der Waals surface area (Å²) >= 11 is 0. The molecule has 0 saturated heterocycles. The first-order valence-corrected chi connectivity index (χ1v) is 11.2. The van der Waals surface area contributed by atoms with E-state index in [2.05, 4.69) is 20.6 Å². The van der Waals surface area contributed by atoms with Crippen LogP contribution in [0.25, 0.3) is 0 Å². The van der Waals surface area contributed by atoms with Crippen LogP contribution in [0.1, 0.15) is 56.1 Å². The summed E-state index contributed by atoms with van der Waals surface area (Å²) in [5.41, 5.74) is 1.50. The van der Waals surface area contributed by atoms with Gasteiger partial charge in [0.2, 0.25) is 5.95 Å². The molecule has 0 unspecified atom stereocenters. The molecule has 5 nitrogen and oxygen atoms in total. The number of alkyl halides is 3. The van der Waals surface area contributed by atoms with Crippen molar-refractivity contribution >= 4 is 23.1 Å². The first kappa shape index (κ1) is 22.9. The Labute approximate surface area is 191 Å². The van der Waals surface area contributed by atoms with Crippen molar-refractivity contribution in [1.82, 2.24) is 9.97 Å². The molecule has 0 bridgehead atoms. The fraction of sp³-hybridized carbons (Fsp3) is 0.360. The van der Waals surface area contributed by atoms with Crippen LogP contribution in [-0.4, -0.2) is 16.6 Å². The third-order valence-electron chi connectivity index (χ3n) is 5.77. The van der Waals surface area contributed by atoms with Gasteiger partial charge in [0.25, 0.3) is 0 Å². The van der Waals surface area contributed by atoms with Crippen molar-refractivity contribution < 1.29 is 17.9 Å². The number of benzene rings is 2. The van der Waals surface area contributed by atoms with E-state index < -0.39 is 11.7 Å². The second kappa shape index (κ2) is 10.1. The summed E-state index contributed by atoms with van der Waals surface area (Å²) in [4.78, 5) is 7.98. The minimum absolute atomic E-state index is 0.0634. The van der Waals surface area contributed by atoms with Crippen molar-refractivity contribution in [3.05, 3.63) is 65.9 Å². The van der Waals surface area contributed by atoms with Gasteiger partial charge >= 0.3 is 6.18 Å². The van der Waals surface area contributed by atoms with E-state index in [1.165, 1.54) is 24.8 Å². The molecule has 0 atom stereocenters. The van der Waals surface area contributed by atoms with Crippen LogP contribution in [0.3, 0.4) is 0 Å². The number of nitrogens with zero attached hydrogens (tertiary/aromatic N) is 2. The summed E-state index contributed by atoms with van der Waals surface area (Å²) in [5, 5.41) is 5.78. The lowest BCUT2D eigenvalue weighted by Crippen LogP contribution is -2.12. The van der Waals surface area contributed by atoms with E-state index in [1.807, 2.05) is 31.2 Å². The highest BCUT2D eigenvalue weighted by Crippen LogP contribution is 2.36. The molecule has 1 aliphatic carbocycles. The lowest BCUT2D eigenvalue weighted by molar-refractivity contribution is -0.137. The first-order valence-electron chi connectivity index (χ1n) is 11.2. The Morgan fingerprint density at radius 2 is 1.55 bits per heavy atom. The standard InChI is InChI=1S/C25H27F3N4O/c1-2-33-21-14-12-20(13-15-21)31-24-29-16-22(25(26,27)28)23(32-24)30-19-10-8-18(9-11-19)17-6-4-3-5-7-17/h8-17H,2-7H2,1H3,(H2,29,30,31,32). The molecule has 1 fully saturated rings. The summed E-state index contributed by atoms with van der Waals surface area (Å²) < 4.78 is 46.1. The van der Waals surface area contributed by atoms with Gasteiger partial charge in [-0.05, 0) is 67.6 Å². The molecule has 2 N–H and O–H groups in total. The minimum Gasteiger partial charge on any atom is -0.494 e. The molecule has 2 aromatic carbocycles. The fourth-order valence-electron chi connectivity index (χ4n) is 4.09. The molecule has 4 rings (SSSR count). The van der Waals surface area contributed by atoms with E-state index in [9.17, 15) is 13.2 Å². The van der Waals surface area contributed by atoms with Gasteiger partial charge in [-0.25, -0.2) is 4.98 Å². The number of halogens is 3. The highest BCUT2D eigenvalue weighted by Gasteiger charge is 2.35. The van der Waals surface area contributed by atoms with Crippen LogP contribution < -0.4 is 15.4 Å². The van der Waals surface area contributed by atoms with Gasteiger partial charge in [0.1, 0.15) is 17.1 Å². The van der Waals surface area contributed by atoms with Crippen molar-refractivity contribution in [2.45, 2.75) is 51.1 Å². The quantitative estimate of drug-likeness (QED) is 0.387. The number of nitrogens with one attached hydrogen (secondary N) is 2. The molecule has 33 heavy (non-hydrogen) atoms. The van der Waals surface area contributed by atoms with Crippen LogP contribution >= 0.6 is 0 Å². The maximum Gasteiger partial charge on any atom is 0.421 e. The molecule has 1 aliphatic rings. The van der Waals surface area contributed by atoms with E-state index >= 15 is 0 Å². The van der Waals surface area contributed by atoms with Crippen molar-refractivity contribution in [3.8, 4) is 5.75 Å². The van der Waals surface area contributed by atoms with E-state index in [0.717, 1.165) is 19.0 Å². The molecule has 3 aromatic rings. The summed E-state index contributed by atoms with van der Waals surface area (Å²) in [6.07, 6.45) is 2.27. The molecule has 1 saturated carbocycles. The Balaban J connectivity index is 1.53. The van der Waals surface area contributed by atoms with Crippen LogP contribution in [0, 0.1) is 0 Å². The molecule has 1 heterocycles. The van der Waals surface area contributed by atoms with Crippen molar-refractivity contribution in [2.75, 3.05) is 17.2 Å². The van der Waals surface area contributed by atoms with Gasteiger partial charge in [0.05, 0.1) is 6.61 Å². The number of aromatic nitrogens is 2. The molecule has 0 amide bonds. The smallest absolute Gasteiger partial charge is 0.421 e. The molecule has 0 spiro atoms. The Hall–Kier alpha value is -3.29. The van der Waals surface area contributed by atoms with E-state index in [4.69, 9.17) is 4.74 Å². The number of anilines is 4. The Kier molecular flexibility index (Phi) is 7.01. The summed E-state index contributed by atoms with van der Waals surface area (Å²) in [5.74, 6) is 1.00. The Morgan fingerprint density at radius 1 is 0.909 bits per heavy atom. The van der Waals surface area contributed by atoms with Gasteiger partial charge in [-0.15, -0.1) is 0 Å². The van der Waals surface area contributed by atoms with E-state index in [1.54, 1.807) is 24.3 Å². The zero-order valence-corrected chi connectivity index (χ0v) is 18.5. The number of hydrogen-bond acceptors (Lipinski definition) is 5. The van der Waals surface area contributed by atoms with Gasteiger partial charge in [-0.1, -0.05) is 31.4 Å². The third kappa shape index (κ3) is 5.94. The van der Waals surface area contributed by atoms with Crippen LogP contribution in [0.15, 0.2) is 54.7 Å². The second-order valence-electron chi connectivity index (χ2n) is 8.12. The van der Waals surface area contributed by atoms with Crippen LogP contribution in [0.5, 0.6) is 5.75 Å². The molecule has 174 valence electrons.